The molecule has 1 aromatic carbocycles. The van der Waals surface area contributed by atoms with Gasteiger partial charge in [0.15, 0.2) is 0 Å². The Labute approximate surface area is 125 Å². The molecule has 2 amide bonds. The first-order valence-electron chi connectivity index (χ1n) is 7.36. The molecule has 5 nitrogen and oxygen atoms in total. The maximum absolute atomic E-state index is 12.1. The third kappa shape index (κ3) is 3.82. The number of hydrogen-bond donors (Lipinski definition) is 2. The molecule has 5 heteroatoms. The summed E-state index contributed by atoms with van der Waals surface area (Å²) in [7, 11) is 0. The molecule has 0 radical (unpaired) electrons. The monoisotopic (exact) mass is 290 g/mol. The minimum absolute atomic E-state index is 0.265. The molecule has 1 aliphatic rings. The fourth-order valence-corrected chi connectivity index (χ4v) is 2.50. The van der Waals surface area contributed by atoms with Crippen molar-refractivity contribution < 1.29 is 14.7 Å². The molecule has 0 bridgehead atoms. The number of anilines is 1. The van der Waals surface area contributed by atoms with E-state index in [4.69, 9.17) is 0 Å². The number of para-hydroxylation sites is 1. The molecule has 1 fully saturated rings. The molecule has 0 saturated carbocycles. The Morgan fingerprint density at radius 2 is 1.86 bits per heavy atom. The number of aliphatic hydroxyl groups is 1. The molecular weight excluding hydrogens is 268 g/mol. The number of likely N-dealkylation sites (tertiary alicyclic amines) is 1. The third-order valence-corrected chi connectivity index (χ3v) is 3.78. The summed E-state index contributed by atoms with van der Waals surface area (Å²) in [5.41, 5.74) is 1.69. The van der Waals surface area contributed by atoms with E-state index >= 15 is 0 Å². The quantitative estimate of drug-likeness (QED) is 0.815. The van der Waals surface area contributed by atoms with Crippen LogP contribution >= 0.6 is 0 Å². The summed E-state index contributed by atoms with van der Waals surface area (Å²) >= 11 is 0. The second-order valence-electron chi connectivity index (χ2n) is 5.72. The zero-order valence-electron chi connectivity index (χ0n) is 12.5. The number of piperidine rings is 1. The standard InChI is InChI=1S/C16H22N2O3/c1-11(2)13-5-3-4-6-14(13)17-15(20)16(21)18-9-7-12(19)8-10-18/h3-6,11-12,19H,7-10H2,1-2H3,(H,17,20). The summed E-state index contributed by atoms with van der Waals surface area (Å²) in [5.74, 6) is -0.873. The number of rotatable bonds is 2. The lowest BCUT2D eigenvalue weighted by atomic mass is 10.0. The third-order valence-electron chi connectivity index (χ3n) is 3.78. The molecular formula is C16H22N2O3. The molecule has 1 aliphatic heterocycles. The van der Waals surface area contributed by atoms with Crippen molar-refractivity contribution in [2.75, 3.05) is 18.4 Å². The highest BCUT2D eigenvalue weighted by molar-refractivity contribution is 6.39. The summed E-state index contributed by atoms with van der Waals surface area (Å²) in [6, 6.07) is 7.50. The van der Waals surface area contributed by atoms with E-state index in [1.54, 1.807) is 6.07 Å². The molecule has 0 aromatic heterocycles. The van der Waals surface area contributed by atoms with Gasteiger partial charge in [-0.05, 0) is 30.4 Å². The van der Waals surface area contributed by atoms with Crippen molar-refractivity contribution in [1.82, 2.24) is 4.90 Å². The van der Waals surface area contributed by atoms with Crippen LogP contribution < -0.4 is 5.32 Å². The van der Waals surface area contributed by atoms with E-state index in [1.807, 2.05) is 32.0 Å². The van der Waals surface area contributed by atoms with E-state index in [1.165, 1.54) is 4.90 Å². The number of nitrogens with one attached hydrogen (secondary N) is 1. The molecule has 0 atom stereocenters. The van der Waals surface area contributed by atoms with Crippen molar-refractivity contribution >= 4 is 17.5 Å². The number of carbonyl (C=O) groups is 2. The molecule has 1 aromatic rings. The Bertz CT molecular complexity index is 520. The second kappa shape index (κ2) is 6.72. The van der Waals surface area contributed by atoms with Gasteiger partial charge in [-0.3, -0.25) is 9.59 Å². The van der Waals surface area contributed by atoms with Crippen LogP contribution in [0.15, 0.2) is 24.3 Å². The van der Waals surface area contributed by atoms with Gasteiger partial charge in [-0.1, -0.05) is 32.0 Å². The number of benzene rings is 1. The summed E-state index contributed by atoms with van der Waals surface area (Å²) in [4.78, 5) is 25.7. The lowest BCUT2D eigenvalue weighted by Gasteiger charge is -2.29. The van der Waals surface area contributed by atoms with Crippen LogP contribution in [0.5, 0.6) is 0 Å². The van der Waals surface area contributed by atoms with Crippen molar-refractivity contribution in [3.63, 3.8) is 0 Å². The lowest BCUT2D eigenvalue weighted by Crippen LogP contribution is -2.45. The van der Waals surface area contributed by atoms with E-state index in [-0.39, 0.29) is 12.0 Å². The van der Waals surface area contributed by atoms with E-state index in [9.17, 15) is 14.7 Å². The number of amides is 2. The van der Waals surface area contributed by atoms with Gasteiger partial charge in [0, 0.05) is 18.8 Å². The first-order valence-corrected chi connectivity index (χ1v) is 7.36. The van der Waals surface area contributed by atoms with Crippen LogP contribution in [0.25, 0.3) is 0 Å². The van der Waals surface area contributed by atoms with Crippen LogP contribution in [0.3, 0.4) is 0 Å². The zero-order valence-corrected chi connectivity index (χ0v) is 12.5. The topological polar surface area (TPSA) is 69.6 Å². The SMILES string of the molecule is CC(C)c1ccccc1NC(=O)C(=O)N1CCC(O)CC1. The average molecular weight is 290 g/mol. The first-order chi connectivity index (χ1) is 9.99. The smallest absolute Gasteiger partial charge is 0.313 e. The van der Waals surface area contributed by atoms with Gasteiger partial charge in [0.1, 0.15) is 0 Å². The maximum Gasteiger partial charge on any atom is 0.313 e. The average Bonchev–Trinajstić information content (AvgIpc) is 2.47. The highest BCUT2D eigenvalue weighted by Gasteiger charge is 2.26. The summed E-state index contributed by atoms with van der Waals surface area (Å²) in [6.45, 7) is 4.94. The van der Waals surface area contributed by atoms with Crippen LogP contribution in [0, 0.1) is 0 Å². The van der Waals surface area contributed by atoms with Gasteiger partial charge in [0.2, 0.25) is 0 Å². The lowest BCUT2D eigenvalue weighted by molar-refractivity contribution is -0.144. The van der Waals surface area contributed by atoms with Crippen LogP contribution in [0.1, 0.15) is 38.2 Å². The van der Waals surface area contributed by atoms with Gasteiger partial charge < -0.3 is 15.3 Å². The molecule has 0 unspecified atom stereocenters. The van der Waals surface area contributed by atoms with Crippen molar-refractivity contribution in [2.24, 2.45) is 0 Å². The van der Waals surface area contributed by atoms with Crippen molar-refractivity contribution in [2.45, 2.75) is 38.7 Å². The minimum Gasteiger partial charge on any atom is -0.393 e. The van der Waals surface area contributed by atoms with Crippen LogP contribution in [-0.2, 0) is 9.59 Å². The molecule has 21 heavy (non-hydrogen) atoms. The molecule has 0 spiro atoms. The Balaban J connectivity index is 2.03. The van der Waals surface area contributed by atoms with Crippen molar-refractivity contribution in [1.29, 1.82) is 0 Å². The molecule has 2 rings (SSSR count). The van der Waals surface area contributed by atoms with E-state index < -0.39 is 11.8 Å². The number of carbonyl (C=O) groups excluding carboxylic acids is 2. The zero-order chi connectivity index (χ0) is 15.4. The van der Waals surface area contributed by atoms with Gasteiger partial charge in [0.05, 0.1) is 6.10 Å². The highest BCUT2D eigenvalue weighted by atomic mass is 16.3. The van der Waals surface area contributed by atoms with Crippen LogP contribution in [0.2, 0.25) is 0 Å². The van der Waals surface area contributed by atoms with Crippen LogP contribution in [-0.4, -0.2) is 41.0 Å². The summed E-state index contributed by atoms with van der Waals surface area (Å²) in [6.07, 6.45) is 0.696. The molecule has 1 heterocycles. The predicted octanol–water partition coefficient (Wildman–Crippen LogP) is 1.73. The minimum atomic E-state index is -0.612. The maximum atomic E-state index is 12.1. The predicted molar refractivity (Wildman–Crippen MR) is 81.0 cm³/mol. The number of nitrogens with zero attached hydrogens (tertiary/aromatic N) is 1. The van der Waals surface area contributed by atoms with Crippen LogP contribution in [0.4, 0.5) is 5.69 Å². The van der Waals surface area contributed by atoms with Gasteiger partial charge in [-0.15, -0.1) is 0 Å². The van der Waals surface area contributed by atoms with Crippen molar-refractivity contribution in [3.05, 3.63) is 29.8 Å². The van der Waals surface area contributed by atoms with E-state index in [0.717, 1.165) is 5.56 Å². The van der Waals surface area contributed by atoms with Gasteiger partial charge >= 0.3 is 11.8 Å². The van der Waals surface area contributed by atoms with E-state index in [0.29, 0.717) is 31.6 Å². The highest BCUT2D eigenvalue weighted by Crippen LogP contribution is 2.23. The van der Waals surface area contributed by atoms with Gasteiger partial charge in [0.25, 0.3) is 0 Å². The first kappa shape index (κ1) is 15.5. The molecule has 0 aliphatic carbocycles. The van der Waals surface area contributed by atoms with E-state index in [2.05, 4.69) is 5.32 Å². The Morgan fingerprint density at radius 1 is 1.24 bits per heavy atom. The Hall–Kier alpha value is -1.88. The normalized spacial score (nSPS) is 16.1. The number of hydrogen-bond acceptors (Lipinski definition) is 3. The van der Waals surface area contributed by atoms with Gasteiger partial charge in [-0.2, -0.15) is 0 Å². The van der Waals surface area contributed by atoms with Gasteiger partial charge in [-0.25, -0.2) is 0 Å². The number of aliphatic hydroxyl groups excluding tert-OH is 1. The molecule has 1 saturated heterocycles. The molecule has 2 N–H and O–H groups in total. The van der Waals surface area contributed by atoms with Crippen molar-refractivity contribution in [3.8, 4) is 0 Å². The largest absolute Gasteiger partial charge is 0.393 e. The summed E-state index contributed by atoms with van der Waals surface area (Å²) < 4.78 is 0. The molecule has 114 valence electrons. The fraction of sp³-hybridized carbons (Fsp3) is 0.500. The summed E-state index contributed by atoms with van der Waals surface area (Å²) in [5, 5.41) is 12.1. The fourth-order valence-electron chi connectivity index (χ4n) is 2.50. The Morgan fingerprint density at radius 3 is 2.48 bits per heavy atom. The Kier molecular flexibility index (Phi) is 4.96. The second-order valence-corrected chi connectivity index (χ2v) is 5.72.